The lowest BCUT2D eigenvalue weighted by Gasteiger charge is -2.12. The van der Waals surface area contributed by atoms with E-state index in [0.29, 0.717) is 17.3 Å². The third-order valence-corrected chi connectivity index (χ3v) is 3.81. The standard InChI is InChI=1S/C12H16F3N3OS/c1-2-16-11-17-9(12(13,14)15)6-10(18-11)20-7-8-4-3-5-19-8/h6,8H,2-5,7H2,1H3,(H,16,17,18). The number of nitrogens with one attached hydrogen (secondary N) is 1. The maximum atomic E-state index is 12.8. The lowest BCUT2D eigenvalue weighted by atomic mass is 10.3. The monoisotopic (exact) mass is 307 g/mol. The largest absolute Gasteiger partial charge is 0.433 e. The number of halogens is 3. The van der Waals surface area contributed by atoms with Gasteiger partial charge in [-0.1, -0.05) is 0 Å². The molecule has 0 radical (unpaired) electrons. The minimum atomic E-state index is -4.47. The van der Waals surface area contributed by atoms with Crippen molar-refractivity contribution in [3.05, 3.63) is 11.8 Å². The number of alkyl halides is 3. The molecule has 1 aromatic heterocycles. The van der Waals surface area contributed by atoms with Gasteiger partial charge in [0, 0.05) is 25.0 Å². The number of aromatic nitrogens is 2. The first-order chi connectivity index (χ1) is 9.49. The number of rotatable bonds is 5. The van der Waals surface area contributed by atoms with Crippen molar-refractivity contribution in [2.24, 2.45) is 0 Å². The molecule has 2 rings (SSSR count). The summed E-state index contributed by atoms with van der Waals surface area (Å²) in [4.78, 5) is 7.57. The summed E-state index contributed by atoms with van der Waals surface area (Å²) in [7, 11) is 0. The fourth-order valence-corrected chi connectivity index (χ4v) is 2.80. The topological polar surface area (TPSA) is 47.0 Å². The Morgan fingerprint density at radius 1 is 1.45 bits per heavy atom. The van der Waals surface area contributed by atoms with Gasteiger partial charge >= 0.3 is 6.18 Å². The third kappa shape index (κ3) is 4.24. The van der Waals surface area contributed by atoms with Crippen LogP contribution in [0.5, 0.6) is 0 Å². The Bertz CT molecular complexity index is 450. The fourth-order valence-electron chi connectivity index (χ4n) is 1.84. The van der Waals surface area contributed by atoms with Crippen LogP contribution in [0.4, 0.5) is 19.1 Å². The maximum Gasteiger partial charge on any atom is 0.433 e. The van der Waals surface area contributed by atoms with Gasteiger partial charge in [-0.25, -0.2) is 9.97 Å². The van der Waals surface area contributed by atoms with E-state index in [4.69, 9.17) is 4.74 Å². The number of nitrogens with zero attached hydrogens (tertiary/aromatic N) is 2. The van der Waals surface area contributed by atoms with Gasteiger partial charge < -0.3 is 10.1 Å². The summed E-state index contributed by atoms with van der Waals surface area (Å²) in [6.07, 6.45) is -2.41. The van der Waals surface area contributed by atoms with Crippen LogP contribution in [-0.4, -0.2) is 35.0 Å². The van der Waals surface area contributed by atoms with E-state index < -0.39 is 11.9 Å². The minimum Gasteiger partial charge on any atom is -0.377 e. The Hall–Kier alpha value is -1.02. The Morgan fingerprint density at radius 2 is 2.25 bits per heavy atom. The molecule has 1 aromatic rings. The van der Waals surface area contributed by atoms with Gasteiger partial charge in [-0.2, -0.15) is 13.2 Å². The van der Waals surface area contributed by atoms with Crippen molar-refractivity contribution in [2.45, 2.75) is 37.1 Å². The highest BCUT2D eigenvalue weighted by Gasteiger charge is 2.33. The highest BCUT2D eigenvalue weighted by atomic mass is 32.2. The van der Waals surface area contributed by atoms with Crippen LogP contribution in [0.1, 0.15) is 25.5 Å². The van der Waals surface area contributed by atoms with E-state index in [-0.39, 0.29) is 12.1 Å². The van der Waals surface area contributed by atoms with Crippen molar-refractivity contribution in [1.29, 1.82) is 0 Å². The van der Waals surface area contributed by atoms with Gasteiger partial charge in [0.25, 0.3) is 0 Å². The van der Waals surface area contributed by atoms with Crippen LogP contribution in [0.15, 0.2) is 11.1 Å². The predicted octanol–water partition coefficient (Wildman–Crippen LogP) is 3.20. The lowest BCUT2D eigenvalue weighted by Crippen LogP contribution is -2.13. The first-order valence-electron chi connectivity index (χ1n) is 6.43. The molecule has 0 aliphatic carbocycles. The average Bonchev–Trinajstić information content (AvgIpc) is 2.88. The number of anilines is 1. The fraction of sp³-hybridized carbons (Fsp3) is 0.667. The molecule has 0 saturated carbocycles. The predicted molar refractivity (Wildman–Crippen MR) is 70.9 cm³/mol. The average molecular weight is 307 g/mol. The molecular weight excluding hydrogens is 291 g/mol. The molecule has 1 saturated heterocycles. The first kappa shape index (κ1) is 15.4. The Morgan fingerprint density at radius 3 is 2.85 bits per heavy atom. The summed E-state index contributed by atoms with van der Waals surface area (Å²) in [5.74, 6) is 0.622. The van der Waals surface area contributed by atoms with Crippen molar-refractivity contribution in [3.63, 3.8) is 0 Å². The van der Waals surface area contributed by atoms with Gasteiger partial charge in [0.05, 0.1) is 6.10 Å². The van der Waals surface area contributed by atoms with E-state index in [0.717, 1.165) is 25.5 Å². The van der Waals surface area contributed by atoms with Crippen molar-refractivity contribution < 1.29 is 17.9 Å². The van der Waals surface area contributed by atoms with E-state index in [1.54, 1.807) is 6.92 Å². The van der Waals surface area contributed by atoms with Crippen LogP contribution in [0, 0.1) is 0 Å². The van der Waals surface area contributed by atoms with E-state index in [2.05, 4.69) is 15.3 Å². The smallest absolute Gasteiger partial charge is 0.377 e. The summed E-state index contributed by atoms with van der Waals surface area (Å²) < 4.78 is 43.8. The third-order valence-electron chi connectivity index (χ3n) is 2.77. The van der Waals surface area contributed by atoms with Gasteiger partial charge in [-0.05, 0) is 19.8 Å². The highest BCUT2D eigenvalue weighted by Crippen LogP contribution is 2.31. The van der Waals surface area contributed by atoms with Crippen LogP contribution in [0.3, 0.4) is 0 Å². The number of ether oxygens (including phenoxy) is 1. The number of thioether (sulfide) groups is 1. The molecule has 20 heavy (non-hydrogen) atoms. The zero-order valence-corrected chi connectivity index (χ0v) is 11.9. The summed E-state index contributed by atoms with van der Waals surface area (Å²) in [6.45, 7) is 2.98. The van der Waals surface area contributed by atoms with Crippen LogP contribution in [0.2, 0.25) is 0 Å². The second-order valence-corrected chi connectivity index (χ2v) is 5.43. The second kappa shape index (κ2) is 6.62. The molecule has 0 bridgehead atoms. The first-order valence-corrected chi connectivity index (χ1v) is 7.42. The zero-order valence-electron chi connectivity index (χ0n) is 11.0. The lowest BCUT2D eigenvalue weighted by molar-refractivity contribution is -0.141. The van der Waals surface area contributed by atoms with E-state index in [9.17, 15) is 13.2 Å². The molecule has 0 amide bonds. The molecule has 8 heteroatoms. The van der Waals surface area contributed by atoms with E-state index in [1.807, 2.05) is 0 Å². The summed E-state index contributed by atoms with van der Waals surface area (Å²) in [6, 6.07) is 0.987. The van der Waals surface area contributed by atoms with Crippen molar-refractivity contribution in [3.8, 4) is 0 Å². The van der Waals surface area contributed by atoms with E-state index >= 15 is 0 Å². The molecular formula is C12H16F3N3OS. The molecule has 1 fully saturated rings. The molecule has 0 aromatic carbocycles. The summed E-state index contributed by atoms with van der Waals surface area (Å²) in [5, 5.41) is 3.04. The van der Waals surface area contributed by atoms with Crippen LogP contribution >= 0.6 is 11.8 Å². The van der Waals surface area contributed by atoms with Crippen molar-refractivity contribution in [1.82, 2.24) is 9.97 Å². The quantitative estimate of drug-likeness (QED) is 0.668. The molecule has 1 aliphatic rings. The van der Waals surface area contributed by atoms with Crippen LogP contribution < -0.4 is 5.32 Å². The van der Waals surface area contributed by atoms with Gasteiger partial charge in [0.2, 0.25) is 5.95 Å². The molecule has 1 unspecified atom stereocenters. The molecule has 1 atom stereocenters. The van der Waals surface area contributed by atoms with Crippen LogP contribution in [0.25, 0.3) is 0 Å². The molecule has 2 heterocycles. The highest BCUT2D eigenvalue weighted by molar-refractivity contribution is 7.99. The SMILES string of the molecule is CCNc1nc(SCC2CCCO2)cc(C(F)(F)F)n1. The Balaban J connectivity index is 2.11. The number of hydrogen-bond acceptors (Lipinski definition) is 5. The second-order valence-electron chi connectivity index (χ2n) is 4.39. The Kier molecular flexibility index (Phi) is 5.09. The van der Waals surface area contributed by atoms with Crippen LogP contribution in [-0.2, 0) is 10.9 Å². The maximum absolute atomic E-state index is 12.8. The number of hydrogen-bond donors (Lipinski definition) is 1. The molecule has 0 spiro atoms. The Labute approximate surface area is 119 Å². The van der Waals surface area contributed by atoms with Gasteiger partial charge in [-0.3, -0.25) is 0 Å². The molecule has 1 N–H and O–H groups in total. The van der Waals surface area contributed by atoms with Gasteiger partial charge in [0.1, 0.15) is 5.03 Å². The van der Waals surface area contributed by atoms with E-state index in [1.165, 1.54) is 11.8 Å². The molecule has 1 aliphatic heterocycles. The van der Waals surface area contributed by atoms with Gasteiger partial charge in [-0.15, -0.1) is 11.8 Å². The van der Waals surface area contributed by atoms with Crippen molar-refractivity contribution >= 4 is 17.7 Å². The van der Waals surface area contributed by atoms with Gasteiger partial charge in [0.15, 0.2) is 5.69 Å². The van der Waals surface area contributed by atoms with Crippen molar-refractivity contribution in [2.75, 3.05) is 24.2 Å². The molecule has 4 nitrogen and oxygen atoms in total. The normalized spacial score (nSPS) is 19.3. The minimum absolute atomic E-state index is 0.0113. The zero-order chi connectivity index (χ0) is 14.6. The summed E-state index contributed by atoms with van der Waals surface area (Å²) >= 11 is 1.27. The molecule has 112 valence electrons. The summed E-state index contributed by atoms with van der Waals surface area (Å²) in [5.41, 5.74) is -0.918.